The molecule has 1 aromatic rings. The summed E-state index contributed by atoms with van der Waals surface area (Å²) < 4.78 is 0. The average Bonchev–Trinajstić information content (AvgIpc) is 2.37. The first-order valence-electron chi connectivity index (χ1n) is 5.47. The van der Waals surface area contributed by atoms with Crippen LogP contribution < -0.4 is 5.32 Å². The smallest absolute Gasteiger partial charge is 0.358 e. The van der Waals surface area contributed by atoms with Crippen LogP contribution in [0.1, 0.15) is 36.3 Å². The van der Waals surface area contributed by atoms with Gasteiger partial charge in [-0.15, -0.1) is 0 Å². The molecule has 0 bridgehead atoms. The van der Waals surface area contributed by atoms with E-state index < -0.39 is 22.6 Å². The van der Waals surface area contributed by atoms with Crippen molar-refractivity contribution in [2.24, 2.45) is 0 Å². The molecule has 0 radical (unpaired) electrons. The van der Waals surface area contributed by atoms with Crippen molar-refractivity contribution in [2.75, 3.05) is 0 Å². The highest BCUT2D eigenvalue weighted by atomic mass is 16.6. The summed E-state index contributed by atoms with van der Waals surface area (Å²) in [6.45, 7) is 3.38. The minimum absolute atomic E-state index is 0.0651. The SMILES string of the molecule is CCC(=O)NC(=O)c1cc(CC)nc([N+](=O)[O-])c1. The number of amides is 2. The van der Waals surface area contributed by atoms with Crippen LogP contribution in [0.25, 0.3) is 0 Å². The Morgan fingerprint density at radius 2 is 2.06 bits per heavy atom. The maximum Gasteiger partial charge on any atom is 0.364 e. The van der Waals surface area contributed by atoms with Crippen molar-refractivity contribution in [1.29, 1.82) is 0 Å². The van der Waals surface area contributed by atoms with Crippen LogP contribution in [0.4, 0.5) is 5.82 Å². The van der Waals surface area contributed by atoms with E-state index in [1.807, 2.05) is 0 Å². The molecule has 0 saturated heterocycles. The predicted octanol–water partition coefficient (Wildman–Crippen LogP) is 1.22. The summed E-state index contributed by atoms with van der Waals surface area (Å²) >= 11 is 0. The number of nitrogens with zero attached hydrogens (tertiary/aromatic N) is 2. The van der Waals surface area contributed by atoms with Gasteiger partial charge in [0.15, 0.2) is 5.69 Å². The quantitative estimate of drug-likeness (QED) is 0.640. The van der Waals surface area contributed by atoms with E-state index in [0.29, 0.717) is 12.1 Å². The van der Waals surface area contributed by atoms with E-state index >= 15 is 0 Å². The predicted molar refractivity (Wildman–Crippen MR) is 63.0 cm³/mol. The molecular formula is C11H13N3O4. The fourth-order valence-electron chi connectivity index (χ4n) is 1.26. The molecule has 0 aliphatic heterocycles. The van der Waals surface area contributed by atoms with Gasteiger partial charge >= 0.3 is 5.82 Å². The van der Waals surface area contributed by atoms with Crippen molar-refractivity contribution in [3.63, 3.8) is 0 Å². The zero-order valence-corrected chi connectivity index (χ0v) is 10.1. The molecule has 18 heavy (non-hydrogen) atoms. The molecule has 1 aromatic heterocycles. The lowest BCUT2D eigenvalue weighted by Gasteiger charge is -2.03. The summed E-state index contributed by atoms with van der Waals surface area (Å²) in [4.78, 5) is 36.5. The Labute approximate surface area is 103 Å². The number of pyridine rings is 1. The Balaban J connectivity index is 3.07. The van der Waals surface area contributed by atoms with E-state index in [9.17, 15) is 19.7 Å². The fraction of sp³-hybridized carbons (Fsp3) is 0.364. The van der Waals surface area contributed by atoms with E-state index in [1.165, 1.54) is 6.07 Å². The topological polar surface area (TPSA) is 102 Å². The Hall–Kier alpha value is -2.31. The van der Waals surface area contributed by atoms with E-state index in [-0.39, 0.29) is 12.0 Å². The molecule has 2 amide bonds. The molecular weight excluding hydrogens is 238 g/mol. The van der Waals surface area contributed by atoms with Gasteiger partial charge in [0, 0.05) is 18.9 Å². The van der Waals surface area contributed by atoms with E-state index in [0.717, 1.165) is 6.07 Å². The number of hydrogen-bond donors (Lipinski definition) is 1. The molecule has 0 aliphatic rings. The molecule has 1 heterocycles. The first-order chi connectivity index (χ1) is 8.47. The number of imide groups is 1. The largest absolute Gasteiger partial charge is 0.364 e. The number of carbonyl (C=O) groups is 2. The van der Waals surface area contributed by atoms with Gasteiger partial charge in [-0.3, -0.25) is 14.9 Å². The Bertz CT molecular complexity index is 499. The van der Waals surface area contributed by atoms with E-state index in [1.54, 1.807) is 13.8 Å². The number of carbonyl (C=O) groups excluding carboxylic acids is 2. The third-order valence-electron chi connectivity index (χ3n) is 2.25. The first-order valence-corrected chi connectivity index (χ1v) is 5.47. The van der Waals surface area contributed by atoms with Gasteiger partial charge in [0.1, 0.15) is 0 Å². The summed E-state index contributed by atoms with van der Waals surface area (Å²) in [6, 6.07) is 2.49. The maximum atomic E-state index is 11.7. The van der Waals surface area contributed by atoms with Crippen LogP contribution in [0.5, 0.6) is 0 Å². The Morgan fingerprint density at radius 3 is 2.56 bits per heavy atom. The van der Waals surface area contributed by atoms with Gasteiger partial charge in [-0.25, -0.2) is 0 Å². The molecule has 0 fully saturated rings. The molecule has 0 aliphatic carbocycles. The van der Waals surface area contributed by atoms with Crippen molar-refractivity contribution in [1.82, 2.24) is 10.3 Å². The van der Waals surface area contributed by atoms with Crippen LogP contribution in [0.3, 0.4) is 0 Å². The second-order valence-electron chi connectivity index (χ2n) is 3.55. The number of nitro groups is 1. The van der Waals surface area contributed by atoms with Crippen LogP contribution in [0.15, 0.2) is 12.1 Å². The van der Waals surface area contributed by atoms with Crippen molar-refractivity contribution in [3.8, 4) is 0 Å². The lowest BCUT2D eigenvalue weighted by atomic mass is 10.2. The van der Waals surface area contributed by atoms with Gasteiger partial charge in [-0.2, -0.15) is 0 Å². The fourth-order valence-corrected chi connectivity index (χ4v) is 1.26. The molecule has 0 atom stereocenters. The highest BCUT2D eigenvalue weighted by molar-refractivity contribution is 6.04. The van der Waals surface area contributed by atoms with Gasteiger partial charge in [-0.1, -0.05) is 13.8 Å². The molecule has 0 saturated carbocycles. The summed E-state index contributed by atoms with van der Waals surface area (Å²) in [5, 5.41) is 12.8. The zero-order chi connectivity index (χ0) is 13.7. The molecule has 7 nitrogen and oxygen atoms in total. The standard InChI is InChI=1S/C11H13N3O4/c1-3-8-5-7(6-9(12-8)14(17)18)11(16)13-10(15)4-2/h5-6H,3-4H2,1-2H3,(H,13,15,16). The first kappa shape index (κ1) is 13.8. The lowest BCUT2D eigenvalue weighted by molar-refractivity contribution is -0.389. The normalized spacial score (nSPS) is 9.89. The second kappa shape index (κ2) is 5.85. The number of aryl methyl sites for hydroxylation is 1. The summed E-state index contributed by atoms with van der Waals surface area (Å²) in [5.74, 6) is -1.48. The lowest BCUT2D eigenvalue weighted by Crippen LogP contribution is -2.29. The third-order valence-corrected chi connectivity index (χ3v) is 2.25. The van der Waals surface area contributed by atoms with Gasteiger partial charge < -0.3 is 10.1 Å². The van der Waals surface area contributed by atoms with Gasteiger partial charge in [-0.05, 0) is 16.0 Å². The minimum Gasteiger partial charge on any atom is -0.358 e. The highest BCUT2D eigenvalue weighted by Crippen LogP contribution is 2.13. The minimum atomic E-state index is -0.669. The van der Waals surface area contributed by atoms with Crippen molar-refractivity contribution in [2.45, 2.75) is 26.7 Å². The van der Waals surface area contributed by atoms with Crippen LogP contribution >= 0.6 is 0 Å². The zero-order valence-electron chi connectivity index (χ0n) is 10.1. The number of rotatable bonds is 4. The number of aromatic nitrogens is 1. The molecule has 0 spiro atoms. The third kappa shape index (κ3) is 3.34. The average molecular weight is 251 g/mol. The number of hydrogen-bond acceptors (Lipinski definition) is 5. The number of nitrogens with one attached hydrogen (secondary N) is 1. The van der Waals surface area contributed by atoms with E-state index in [2.05, 4.69) is 10.3 Å². The summed E-state index contributed by atoms with van der Waals surface area (Å²) in [6.07, 6.45) is 0.628. The van der Waals surface area contributed by atoms with Crippen LogP contribution in [-0.2, 0) is 11.2 Å². The Kier molecular flexibility index (Phi) is 4.47. The van der Waals surface area contributed by atoms with Gasteiger partial charge in [0.25, 0.3) is 5.91 Å². The van der Waals surface area contributed by atoms with Crippen molar-refractivity contribution >= 4 is 17.6 Å². The molecule has 7 heteroatoms. The van der Waals surface area contributed by atoms with Crippen LogP contribution in [0, 0.1) is 10.1 Å². The summed E-state index contributed by atoms with van der Waals surface area (Å²) in [7, 11) is 0. The Morgan fingerprint density at radius 1 is 1.39 bits per heavy atom. The molecule has 96 valence electrons. The molecule has 0 aromatic carbocycles. The molecule has 0 unspecified atom stereocenters. The molecule has 1 rings (SSSR count). The van der Waals surface area contributed by atoms with Crippen LogP contribution in [-0.4, -0.2) is 21.7 Å². The van der Waals surface area contributed by atoms with Crippen molar-refractivity contribution in [3.05, 3.63) is 33.5 Å². The van der Waals surface area contributed by atoms with Gasteiger partial charge in [0.05, 0.1) is 5.56 Å². The van der Waals surface area contributed by atoms with Crippen molar-refractivity contribution < 1.29 is 14.5 Å². The van der Waals surface area contributed by atoms with E-state index in [4.69, 9.17) is 0 Å². The monoisotopic (exact) mass is 251 g/mol. The van der Waals surface area contributed by atoms with Gasteiger partial charge in [0.2, 0.25) is 5.91 Å². The molecule has 1 N–H and O–H groups in total. The van der Waals surface area contributed by atoms with Crippen LogP contribution in [0.2, 0.25) is 0 Å². The second-order valence-corrected chi connectivity index (χ2v) is 3.55. The highest BCUT2D eigenvalue weighted by Gasteiger charge is 2.17. The summed E-state index contributed by atoms with van der Waals surface area (Å²) in [5.41, 5.74) is 0.494. The maximum absolute atomic E-state index is 11.7.